The molecule has 1 aliphatic heterocycles. The van der Waals surface area contributed by atoms with E-state index in [4.69, 9.17) is 0 Å². The summed E-state index contributed by atoms with van der Waals surface area (Å²) in [7, 11) is 4.07. The Morgan fingerprint density at radius 1 is 1.57 bits per heavy atom. The van der Waals surface area contributed by atoms with Crippen LogP contribution >= 0.6 is 23.1 Å². The molecule has 0 bridgehead atoms. The van der Waals surface area contributed by atoms with E-state index in [-0.39, 0.29) is 0 Å². The van der Waals surface area contributed by atoms with Crippen molar-refractivity contribution in [1.29, 1.82) is 0 Å². The van der Waals surface area contributed by atoms with Crippen molar-refractivity contribution >= 4 is 28.2 Å². The Morgan fingerprint density at radius 3 is 3.00 bits per heavy atom. The highest BCUT2D eigenvalue weighted by molar-refractivity contribution is 7.99. The molecule has 78 valence electrons. The minimum absolute atomic E-state index is 0.457. The Balaban J connectivity index is 2.07. The van der Waals surface area contributed by atoms with Gasteiger partial charge in [-0.2, -0.15) is 11.8 Å². The second kappa shape index (κ2) is 4.51. The van der Waals surface area contributed by atoms with E-state index in [9.17, 15) is 0 Å². The molecule has 1 aromatic heterocycles. The standard InChI is InChI=1S/C9H15N3S2/c1-12(2)9-11-8(6-14-9)7-5-13-4-3-10-7/h6-7,10H,3-5H2,1-2H3. The zero-order valence-corrected chi connectivity index (χ0v) is 10.1. The number of anilines is 1. The zero-order chi connectivity index (χ0) is 9.97. The second-order valence-electron chi connectivity index (χ2n) is 3.53. The van der Waals surface area contributed by atoms with Crippen molar-refractivity contribution in [2.75, 3.05) is 37.0 Å². The van der Waals surface area contributed by atoms with Gasteiger partial charge in [0.2, 0.25) is 0 Å². The number of nitrogens with zero attached hydrogens (tertiary/aromatic N) is 2. The van der Waals surface area contributed by atoms with Crippen LogP contribution in [0.4, 0.5) is 5.13 Å². The van der Waals surface area contributed by atoms with Gasteiger partial charge in [-0.1, -0.05) is 0 Å². The van der Waals surface area contributed by atoms with Crippen molar-refractivity contribution in [3.63, 3.8) is 0 Å². The van der Waals surface area contributed by atoms with E-state index in [0.29, 0.717) is 6.04 Å². The van der Waals surface area contributed by atoms with Gasteiger partial charge in [-0.3, -0.25) is 0 Å². The van der Waals surface area contributed by atoms with Crippen molar-refractivity contribution < 1.29 is 0 Å². The van der Waals surface area contributed by atoms with E-state index < -0.39 is 0 Å². The van der Waals surface area contributed by atoms with E-state index in [1.165, 1.54) is 11.4 Å². The van der Waals surface area contributed by atoms with Crippen molar-refractivity contribution in [2.24, 2.45) is 0 Å². The third-order valence-electron chi connectivity index (χ3n) is 2.17. The summed E-state index contributed by atoms with van der Waals surface area (Å²) in [4.78, 5) is 6.66. The van der Waals surface area contributed by atoms with Crippen LogP contribution < -0.4 is 10.2 Å². The monoisotopic (exact) mass is 229 g/mol. The number of thioether (sulfide) groups is 1. The lowest BCUT2D eigenvalue weighted by Crippen LogP contribution is -2.30. The average Bonchev–Trinajstić information content (AvgIpc) is 2.68. The fourth-order valence-electron chi connectivity index (χ4n) is 1.40. The lowest BCUT2D eigenvalue weighted by atomic mass is 10.2. The molecule has 1 fully saturated rings. The molecular formula is C9H15N3S2. The van der Waals surface area contributed by atoms with E-state index in [1.807, 2.05) is 25.9 Å². The van der Waals surface area contributed by atoms with Gasteiger partial charge < -0.3 is 10.2 Å². The van der Waals surface area contributed by atoms with Crippen molar-refractivity contribution in [3.05, 3.63) is 11.1 Å². The molecule has 1 aliphatic rings. The zero-order valence-electron chi connectivity index (χ0n) is 8.49. The largest absolute Gasteiger partial charge is 0.354 e. The van der Waals surface area contributed by atoms with Crippen LogP contribution in [0.2, 0.25) is 0 Å². The highest BCUT2D eigenvalue weighted by Gasteiger charge is 2.18. The number of hydrogen-bond acceptors (Lipinski definition) is 5. The number of rotatable bonds is 2. The van der Waals surface area contributed by atoms with Crippen LogP contribution in [0.1, 0.15) is 11.7 Å². The fraction of sp³-hybridized carbons (Fsp3) is 0.667. The van der Waals surface area contributed by atoms with Crippen LogP contribution in [0, 0.1) is 0 Å². The van der Waals surface area contributed by atoms with Gasteiger partial charge in [0.1, 0.15) is 0 Å². The number of thiazole rings is 1. The first kappa shape index (κ1) is 10.3. The summed E-state index contributed by atoms with van der Waals surface area (Å²) < 4.78 is 0. The summed E-state index contributed by atoms with van der Waals surface area (Å²) in [6.45, 7) is 1.10. The maximum Gasteiger partial charge on any atom is 0.185 e. The topological polar surface area (TPSA) is 28.2 Å². The molecule has 5 heteroatoms. The van der Waals surface area contributed by atoms with E-state index in [2.05, 4.69) is 20.6 Å². The van der Waals surface area contributed by atoms with Crippen molar-refractivity contribution in [3.8, 4) is 0 Å². The number of hydrogen-bond donors (Lipinski definition) is 1. The normalized spacial score (nSPS) is 22.3. The fourth-order valence-corrected chi connectivity index (χ4v) is 3.16. The molecule has 2 rings (SSSR count). The Bertz CT molecular complexity index is 292. The molecule has 14 heavy (non-hydrogen) atoms. The molecule has 1 saturated heterocycles. The molecule has 0 saturated carbocycles. The molecule has 3 nitrogen and oxygen atoms in total. The molecule has 1 unspecified atom stereocenters. The molecule has 1 aromatic rings. The predicted octanol–water partition coefficient (Wildman–Crippen LogP) is 1.59. The number of aromatic nitrogens is 1. The van der Waals surface area contributed by atoms with Gasteiger partial charge in [0.15, 0.2) is 5.13 Å². The summed E-state index contributed by atoms with van der Waals surface area (Å²) in [6.07, 6.45) is 0. The van der Waals surface area contributed by atoms with Gasteiger partial charge in [-0.05, 0) is 0 Å². The highest BCUT2D eigenvalue weighted by atomic mass is 32.2. The maximum atomic E-state index is 4.60. The molecule has 1 atom stereocenters. The molecule has 2 heterocycles. The third-order valence-corrected chi connectivity index (χ3v) is 4.26. The lowest BCUT2D eigenvalue weighted by Gasteiger charge is -2.21. The third kappa shape index (κ3) is 2.21. The van der Waals surface area contributed by atoms with Crippen LogP contribution in [0.5, 0.6) is 0 Å². The van der Waals surface area contributed by atoms with Crippen molar-refractivity contribution in [1.82, 2.24) is 10.3 Å². The Labute approximate surface area is 92.9 Å². The van der Waals surface area contributed by atoms with E-state index in [0.717, 1.165) is 17.4 Å². The van der Waals surface area contributed by atoms with Crippen LogP contribution in [-0.2, 0) is 0 Å². The molecule has 0 aromatic carbocycles. The summed E-state index contributed by atoms with van der Waals surface area (Å²) in [5.41, 5.74) is 1.20. The summed E-state index contributed by atoms with van der Waals surface area (Å²) in [6, 6.07) is 0.457. The minimum Gasteiger partial charge on any atom is -0.354 e. The quantitative estimate of drug-likeness (QED) is 0.833. The summed E-state index contributed by atoms with van der Waals surface area (Å²) >= 11 is 3.72. The molecule has 0 aliphatic carbocycles. The lowest BCUT2D eigenvalue weighted by molar-refractivity contribution is 0.583. The maximum absolute atomic E-state index is 4.60. The van der Waals surface area contributed by atoms with Gasteiger partial charge in [-0.25, -0.2) is 4.98 Å². The molecule has 0 spiro atoms. The first-order valence-electron chi connectivity index (χ1n) is 4.71. The van der Waals surface area contributed by atoms with E-state index >= 15 is 0 Å². The Morgan fingerprint density at radius 2 is 2.43 bits per heavy atom. The Kier molecular flexibility index (Phi) is 3.30. The van der Waals surface area contributed by atoms with Gasteiger partial charge >= 0.3 is 0 Å². The summed E-state index contributed by atoms with van der Waals surface area (Å²) in [5.74, 6) is 2.37. The van der Waals surface area contributed by atoms with Crippen molar-refractivity contribution in [2.45, 2.75) is 6.04 Å². The van der Waals surface area contributed by atoms with Gasteiger partial charge in [-0.15, -0.1) is 11.3 Å². The smallest absolute Gasteiger partial charge is 0.185 e. The minimum atomic E-state index is 0.457. The van der Waals surface area contributed by atoms with Gasteiger partial charge in [0.25, 0.3) is 0 Å². The number of nitrogens with one attached hydrogen (secondary N) is 1. The highest BCUT2D eigenvalue weighted by Crippen LogP contribution is 2.26. The van der Waals surface area contributed by atoms with Gasteiger partial charge in [0, 0.05) is 37.5 Å². The Hall–Kier alpha value is -0.260. The van der Waals surface area contributed by atoms with Gasteiger partial charge in [0.05, 0.1) is 11.7 Å². The molecular weight excluding hydrogens is 214 g/mol. The first-order valence-corrected chi connectivity index (χ1v) is 6.74. The molecule has 0 amide bonds. The second-order valence-corrected chi connectivity index (χ2v) is 5.52. The van der Waals surface area contributed by atoms with Crippen LogP contribution in [-0.4, -0.2) is 37.1 Å². The predicted molar refractivity (Wildman–Crippen MR) is 64.5 cm³/mol. The van der Waals surface area contributed by atoms with Crippen LogP contribution in [0.25, 0.3) is 0 Å². The van der Waals surface area contributed by atoms with Crippen LogP contribution in [0.3, 0.4) is 0 Å². The molecule has 0 radical (unpaired) electrons. The van der Waals surface area contributed by atoms with Crippen LogP contribution in [0.15, 0.2) is 5.38 Å². The summed E-state index contributed by atoms with van der Waals surface area (Å²) in [5, 5.41) is 6.75. The molecule has 1 N–H and O–H groups in total. The SMILES string of the molecule is CN(C)c1nc(C2CSCCN2)cs1. The first-order chi connectivity index (χ1) is 6.77. The van der Waals surface area contributed by atoms with E-state index in [1.54, 1.807) is 11.3 Å². The average molecular weight is 229 g/mol.